The molecule has 4 heteroatoms. The molecule has 0 bridgehead atoms. The lowest BCUT2D eigenvalue weighted by molar-refractivity contribution is 0.102. The number of para-hydroxylation sites is 1. The summed E-state index contributed by atoms with van der Waals surface area (Å²) in [6.45, 7) is 4.17. The minimum absolute atomic E-state index is 0.122. The first-order valence-electron chi connectivity index (χ1n) is 6.94. The third kappa shape index (κ3) is 3.66. The largest absolute Gasteiger partial charge is 0.321 e. The smallest absolute Gasteiger partial charge is 0.255 e. The molecular weight excluding hydrogens is 350 g/mol. The lowest BCUT2D eigenvalue weighted by Gasteiger charge is -2.14. The molecule has 0 fully saturated rings. The van der Waals surface area contributed by atoms with E-state index in [4.69, 9.17) is 11.6 Å². The summed E-state index contributed by atoms with van der Waals surface area (Å²) < 4.78 is 0.719. The van der Waals surface area contributed by atoms with Crippen LogP contribution in [0.5, 0.6) is 0 Å². The summed E-state index contributed by atoms with van der Waals surface area (Å²) in [5.41, 5.74) is 3.81. The molecule has 0 saturated carbocycles. The number of aryl methyl sites for hydroxylation is 2. The van der Waals surface area contributed by atoms with Crippen molar-refractivity contribution in [2.24, 2.45) is 0 Å². The molecular formula is C17H17BrClNO. The number of amides is 1. The Balaban J connectivity index is 2.33. The summed E-state index contributed by atoms with van der Waals surface area (Å²) in [6, 6.07) is 11.3. The second-order valence-electron chi connectivity index (χ2n) is 4.74. The molecule has 2 aromatic rings. The number of carbonyl (C=O) groups is 1. The molecule has 0 spiro atoms. The number of nitrogens with one attached hydrogen (secondary N) is 1. The molecule has 0 atom stereocenters. The zero-order valence-corrected chi connectivity index (χ0v) is 14.4. The van der Waals surface area contributed by atoms with Crippen LogP contribution >= 0.6 is 27.5 Å². The summed E-state index contributed by atoms with van der Waals surface area (Å²) in [5.74, 6) is -0.122. The van der Waals surface area contributed by atoms with Crippen LogP contribution in [0.3, 0.4) is 0 Å². The van der Waals surface area contributed by atoms with Crippen LogP contribution in [0.2, 0.25) is 5.02 Å². The molecule has 2 aromatic carbocycles. The van der Waals surface area contributed by atoms with E-state index in [0.29, 0.717) is 10.6 Å². The summed E-state index contributed by atoms with van der Waals surface area (Å²) in [7, 11) is 0. The number of carbonyl (C=O) groups excluding carboxylic acids is 1. The molecule has 21 heavy (non-hydrogen) atoms. The highest BCUT2D eigenvalue weighted by atomic mass is 79.9. The maximum absolute atomic E-state index is 12.4. The van der Waals surface area contributed by atoms with E-state index in [2.05, 4.69) is 35.1 Å². The third-order valence-corrected chi connectivity index (χ3v) is 4.63. The van der Waals surface area contributed by atoms with Crippen LogP contribution in [0.25, 0.3) is 0 Å². The summed E-state index contributed by atoms with van der Waals surface area (Å²) in [4.78, 5) is 12.4. The van der Waals surface area contributed by atoms with E-state index in [1.54, 1.807) is 18.2 Å². The molecule has 1 amide bonds. The van der Waals surface area contributed by atoms with Crippen LogP contribution in [-0.2, 0) is 12.8 Å². The van der Waals surface area contributed by atoms with Gasteiger partial charge in [0.15, 0.2) is 0 Å². The van der Waals surface area contributed by atoms with Crippen molar-refractivity contribution in [3.05, 3.63) is 62.6 Å². The minimum atomic E-state index is -0.122. The molecule has 0 aliphatic rings. The van der Waals surface area contributed by atoms with E-state index in [0.717, 1.165) is 34.1 Å². The Morgan fingerprint density at radius 3 is 2.29 bits per heavy atom. The first kappa shape index (κ1) is 16.1. The van der Waals surface area contributed by atoms with Gasteiger partial charge in [0, 0.05) is 15.7 Å². The van der Waals surface area contributed by atoms with Crippen molar-refractivity contribution in [3.8, 4) is 0 Å². The fourth-order valence-electron chi connectivity index (χ4n) is 2.23. The van der Waals surface area contributed by atoms with Gasteiger partial charge in [0.1, 0.15) is 0 Å². The van der Waals surface area contributed by atoms with Crippen molar-refractivity contribution in [1.29, 1.82) is 0 Å². The third-order valence-electron chi connectivity index (χ3n) is 3.42. The molecule has 0 radical (unpaired) electrons. The Morgan fingerprint density at radius 2 is 1.76 bits per heavy atom. The summed E-state index contributed by atoms with van der Waals surface area (Å²) in [5, 5.41) is 3.63. The number of hydrogen-bond donors (Lipinski definition) is 1. The Kier molecular flexibility index (Phi) is 5.43. The van der Waals surface area contributed by atoms with E-state index in [1.807, 2.05) is 18.2 Å². The zero-order chi connectivity index (χ0) is 15.4. The van der Waals surface area contributed by atoms with Gasteiger partial charge in [-0.1, -0.05) is 43.6 Å². The van der Waals surface area contributed by atoms with Crippen molar-refractivity contribution in [3.63, 3.8) is 0 Å². The lowest BCUT2D eigenvalue weighted by atomic mass is 10.0. The van der Waals surface area contributed by atoms with Crippen LogP contribution in [-0.4, -0.2) is 5.91 Å². The van der Waals surface area contributed by atoms with E-state index >= 15 is 0 Å². The minimum Gasteiger partial charge on any atom is -0.321 e. The number of rotatable bonds is 4. The standard InChI is InChI=1S/C17H17BrClNO/c1-3-11-6-5-7-12(4-2)16(11)20-17(21)13-8-9-15(19)14(18)10-13/h5-10H,3-4H2,1-2H3,(H,20,21). The molecule has 0 aliphatic carbocycles. The van der Waals surface area contributed by atoms with Gasteiger partial charge in [-0.15, -0.1) is 0 Å². The number of hydrogen-bond acceptors (Lipinski definition) is 1. The molecule has 1 N–H and O–H groups in total. The van der Waals surface area contributed by atoms with Crippen LogP contribution < -0.4 is 5.32 Å². The first-order valence-corrected chi connectivity index (χ1v) is 8.11. The maximum atomic E-state index is 12.4. The van der Waals surface area contributed by atoms with Gasteiger partial charge in [-0.3, -0.25) is 4.79 Å². The van der Waals surface area contributed by atoms with E-state index < -0.39 is 0 Å². The molecule has 2 rings (SSSR count). The predicted molar refractivity (Wildman–Crippen MR) is 92.3 cm³/mol. The molecule has 0 heterocycles. The highest BCUT2D eigenvalue weighted by molar-refractivity contribution is 9.10. The van der Waals surface area contributed by atoms with Crippen LogP contribution in [0.1, 0.15) is 35.3 Å². The number of benzene rings is 2. The average Bonchev–Trinajstić information content (AvgIpc) is 2.50. The van der Waals surface area contributed by atoms with Gasteiger partial charge in [-0.25, -0.2) is 0 Å². The van der Waals surface area contributed by atoms with Gasteiger partial charge < -0.3 is 5.32 Å². The van der Waals surface area contributed by atoms with Gasteiger partial charge in [0.05, 0.1) is 5.02 Å². The zero-order valence-electron chi connectivity index (χ0n) is 12.0. The van der Waals surface area contributed by atoms with Gasteiger partial charge in [-0.05, 0) is 58.1 Å². The molecule has 0 aromatic heterocycles. The average molecular weight is 367 g/mol. The van der Waals surface area contributed by atoms with Crippen molar-refractivity contribution >= 4 is 39.1 Å². The highest BCUT2D eigenvalue weighted by Crippen LogP contribution is 2.26. The van der Waals surface area contributed by atoms with E-state index in [1.165, 1.54) is 0 Å². The van der Waals surface area contributed by atoms with Crippen LogP contribution in [0, 0.1) is 0 Å². The first-order chi connectivity index (χ1) is 10.1. The van der Waals surface area contributed by atoms with Gasteiger partial charge >= 0.3 is 0 Å². The Labute approximate surface area is 138 Å². The number of halogens is 2. The fraction of sp³-hybridized carbons (Fsp3) is 0.235. The van der Waals surface area contributed by atoms with E-state index in [9.17, 15) is 4.79 Å². The Hall–Kier alpha value is -1.32. The fourth-order valence-corrected chi connectivity index (χ4v) is 2.72. The van der Waals surface area contributed by atoms with Crippen LogP contribution in [0.15, 0.2) is 40.9 Å². The lowest BCUT2D eigenvalue weighted by Crippen LogP contribution is -2.14. The monoisotopic (exact) mass is 365 g/mol. The van der Waals surface area contributed by atoms with Crippen molar-refractivity contribution in [1.82, 2.24) is 0 Å². The normalized spacial score (nSPS) is 10.5. The predicted octanol–water partition coefficient (Wildman–Crippen LogP) is 5.48. The van der Waals surface area contributed by atoms with Crippen LogP contribution in [0.4, 0.5) is 5.69 Å². The second kappa shape index (κ2) is 7.10. The topological polar surface area (TPSA) is 29.1 Å². The molecule has 110 valence electrons. The second-order valence-corrected chi connectivity index (χ2v) is 6.00. The molecule has 2 nitrogen and oxygen atoms in total. The van der Waals surface area contributed by atoms with Gasteiger partial charge in [0.25, 0.3) is 5.91 Å². The SMILES string of the molecule is CCc1cccc(CC)c1NC(=O)c1ccc(Cl)c(Br)c1. The molecule has 0 aliphatic heterocycles. The highest BCUT2D eigenvalue weighted by Gasteiger charge is 2.12. The van der Waals surface area contributed by atoms with Crippen molar-refractivity contribution in [2.75, 3.05) is 5.32 Å². The van der Waals surface area contributed by atoms with Crippen molar-refractivity contribution in [2.45, 2.75) is 26.7 Å². The number of anilines is 1. The van der Waals surface area contributed by atoms with E-state index in [-0.39, 0.29) is 5.91 Å². The van der Waals surface area contributed by atoms with Gasteiger partial charge in [-0.2, -0.15) is 0 Å². The maximum Gasteiger partial charge on any atom is 0.255 e. The molecule has 0 saturated heterocycles. The molecule has 0 unspecified atom stereocenters. The summed E-state index contributed by atoms with van der Waals surface area (Å²) in [6.07, 6.45) is 1.77. The summed E-state index contributed by atoms with van der Waals surface area (Å²) >= 11 is 9.31. The Morgan fingerprint density at radius 1 is 1.14 bits per heavy atom. The Bertz CT molecular complexity index is 648. The quantitative estimate of drug-likeness (QED) is 0.762. The van der Waals surface area contributed by atoms with Gasteiger partial charge in [0.2, 0.25) is 0 Å². The van der Waals surface area contributed by atoms with Crippen molar-refractivity contribution < 1.29 is 4.79 Å².